The molecule has 2 heterocycles. The third-order valence-electron chi connectivity index (χ3n) is 3.16. The molecule has 1 aliphatic heterocycles. The number of nitrogens with one attached hydrogen (secondary N) is 1. The highest BCUT2D eigenvalue weighted by Crippen LogP contribution is 2.28. The van der Waals surface area contributed by atoms with Crippen molar-refractivity contribution >= 4 is 27.3 Å². The lowest BCUT2D eigenvalue weighted by Crippen LogP contribution is -2.43. The minimum absolute atomic E-state index is 0.686. The van der Waals surface area contributed by atoms with Gasteiger partial charge in [-0.25, -0.2) is 0 Å². The minimum Gasteiger partial charge on any atom is -0.314 e. The van der Waals surface area contributed by atoms with Crippen molar-refractivity contribution in [1.82, 2.24) is 10.2 Å². The van der Waals surface area contributed by atoms with Crippen LogP contribution in [0.5, 0.6) is 0 Å². The van der Waals surface area contributed by atoms with Crippen LogP contribution in [0.2, 0.25) is 0 Å². The van der Waals surface area contributed by atoms with Crippen molar-refractivity contribution in [2.45, 2.75) is 19.3 Å². The Hall–Kier alpha value is 0.1000. The zero-order valence-corrected chi connectivity index (χ0v) is 12.1. The third-order valence-corrected chi connectivity index (χ3v) is 5.09. The average molecular weight is 303 g/mol. The van der Waals surface area contributed by atoms with Crippen molar-refractivity contribution in [3.63, 3.8) is 0 Å². The van der Waals surface area contributed by atoms with Crippen LogP contribution in [-0.4, -0.2) is 37.6 Å². The van der Waals surface area contributed by atoms with Crippen LogP contribution in [0, 0.1) is 0 Å². The topological polar surface area (TPSA) is 15.3 Å². The van der Waals surface area contributed by atoms with Gasteiger partial charge in [-0.15, -0.1) is 11.3 Å². The molecule has 0 bridgehead atoms. The Balaban J connectivity index is 1.76. The summed E-state index contributed by atoms with van der Waals surface area (Å²) in [5.74, 6) is 0.686. The zero-order valence-electron chi connectivity index (χ0n) is 9.71. The summed E-state index contributed by atoms with van der Waals surface area (Å²) in [6.07, 6.45) is 1.27. The Morgan fingerprint density at radius 2 is 2.25 bits per heavy atom. The van der Waals surface area contributed by atoms with Crippen molar-refractivity contribution in [3.05, 3.63) is 20.8 Å². The van der Waals surface area contributed by atoms with E-state index in [2.05, 4.69) is 44.5 Å². The molecule has 2 nitrogen and oxygen atoms in total. The number of thiophene rings is 1. The van der Waals surface area contributed by atoms with E-state index >= 15 is 0 Å². The lowest BCUT2D eigenvalue weighted by molar-refractivity contribution is 0.234. The van der Waals surface area contributed by atoms with Crippen molar-refractivity contribution in [1.29, 1.82) is 0 Å². The average Bonchev–Trinajstić information content (AvgIpc) is 2.74. The van der Waals surface area contributed by atoms with Gasteiger partial charge < -0.3 is 10.2 Å². The molecule has 1 N–H and O–H groups in total. The predicted molar refractivity (Wildman–Crippen MR) is 74.4 cm³/mol. The quantitative estimate of drug-likeness (QED) is 0.920. The van der Waals surface area contributed by atoms with Gasteiger partial charge in [0.2, 0.25) is 0 Å². The van der Waals surface area contributed by atoms with Gasteiger partial charge in [0.05, 0.1) is 0 Å². The van der Waals surface area contributed by atoms with E-state index < -0.39 is 0 Å². The summed E-state index contributed by atoms with van der Waals surface area (Å²) in [7, 11) is 0. The molecule has 1 aromatic heterocycles. The maximum atomic E-state index is 3.52. The summed E-state index contributed by atoms with van der Waals surface area (Å²) in [6.45, 7) is 8.29. The van der Waals surface area contributed by atoms with Crippen molar-refractivity contribution in [2.75, 3.05) is 32.7 Å². The Morgan fingerprint density at radius 1 is 1.50 bits per heavy atom. The van der Waals surface area contributed by atoms with Gasteiger partial charge in [-0.3, -0.25) is 0 Å². The van der Waals surface area contributed by atoms with Crippen molar-refractivity contribution < 1.29 is 0 Å². The molecule has 1 fully saturated rings. The lowest BCUT2D eigenvalue weighted by Gasteiger charge is -2.28. The van der Waals surface area contributed by atoms with Gasteiger partial charge in [0, 0.05) is 40.9 Å². The van der Waals surface area contributed by atoms with Crippen LogP contribution >= 0.6 is 27.3 Å². The van der Waals surface area contributed by atoms with Gasteiger partial charge in [0.25, 0.3) is 0 Å². The van der Waals surface area contributed by atoms with Crippen molar-refractivity contribution in [3.8, 4) is 0 Å². The largest absolute Gasteiger partial charge is 0.314 e. The van der Waals surface area contributed by atoms with Crippen molar-refractivity contribution in [2.24, 2.45) is 0 Å². The van der Waals surface area contributed by atoms with E-state index in [1.807, 2.05) is 11.3 Å². The molecule has 0 aliphatic carbocycles. The van der Waals surface area contributed by atoms with Gasteiger partial charge >= 0.3 is 0 Å². The molecule has 4 heteroatoms. The summed E-state index contributed by atoms with van der Waals surface area (Å²) >= 11 is 5.39. The summed E-state index contributed by atoms with van der Waals surface area (Å²) in [6, 6.07) is 2.26. The molecule has 0 aromatic carbocycles. The highest BCUT2D eigenvalue weighted by atomic mass is 79.9. The Morgan fingerprint density at radius 3 is 2.88 bits per heavy atom. The summed E-state index contributed by atoms with van der Waals surface area (Å²) in [4.78, 5) is 4.07. The molecule has 1 atom stereocenters. The monoisotopic (exact) mass is 302 g/mol. The molecule has 1 saturated heterocycles. The molecule has 1 unspecified atom stereocenters. The first-order valence-electron chi connectivity index (χ1n) is 5.92. The third kappa shape index (κ3) is 3.55. The summed E-state index contributed by atoms with van der Waals surface area (Å²) in [5.41, 5.74) is 0. The molecule has 90 valence electrons. The first-order valence-corrected chi connectivity index (χ1v) is 7.60. The van der Waals surface area contributed by atoms with Gasteiger partial charge in [-0.05, 0) is 40.9 Å². The molecule has 2 rings (SSSR count). The summed E-state index contributed by atoms with van der Waals surface area (Å²) in [5, 5.41) is 5.57. The molecule has 0 amide bonds. The van der Waals surface area contributed by atoms with Crippen LogP contribution < -0.4 is 5.32 Å². The molecule has 1 aliphatic rings. The maximum absolute atomic E-state index is 3.52. The van der Waals surface area contributed by atoms with Crippen LogP contribution in [0.15, 0.2) is 15.9 Å². The van der Waals surface area contributed by atoms with Crippen LogP contribution in [0.1, 0.15) is 24.1 Å². The van der Waals surface area contributed by atoms with Crippen LogP contribution in [-0.2, 0) is 0 Å². The van der Waals surface area contributed by atoms with E-state index in [0.717, 1.165) is 13.1 Å². The number of piperazine rings is 1. The Kier molecular flexibility index (Phi) is 4.82. The normalized spacial score (nSPS) is 19.9. The first kappa shape index (κ1) is 12.6. The van der Waals surface area contributed by atoms with Gasteiger partial charge in [0.1, 0.15) is 0 Å². The fourth-order valence-corrected chi connectivity index (χ4v) is 3.58. The van der Waals surface area contributed by atoms with Crippen LogP contribution in [0.25, 0.3) is 0 Å². The smallest absolute Gasteiger partial charge is 0.0285 e. The molecular weight excluding hydrogens is 284 g/mol. The van der Waals surface area contributed by atoms with Gasteiger partial charge in [0.15, 0.2) is 0 Å². The highest BCUT2D eigenvalue weighted by Gasteiger charge is 2.13. The highest BCUT2D eigenvalue weighted by molar-refractivity contribution is 9.10. The molecule has 1 aromatic rings. The number of hydrogen-bond acceptors (Lipinski definition) is 3. The minimum atomic E-state index is 0.686. The van der Waals surface area contributed by atoms with Gasteiger partial charge in [-0.2, -0.15) is 0 Å². The van der Waals surface area contributed by atoms with E-state index in [1.165, 1.54) is 35.4 Å². The van der Waals surface area contributed by atoms with E-state index in [-0.39, 0.29) is 0 Å². The lowest BCUT2D eigenvalue weighted by atomic mass is 10.1. The molecule has 0 radical (unpaired) electrons. The maximum Gasteiger partial charge on any atom is 0.0285 e. The number of halogens is 1. The number of hydrogen-bond donors (Lipinski definition) is 1. The number of nitrogens with zero attached hydrogens (tertiary/aromatic N) is 1. The van der Waals surface area contributed by atoms with Crippen LogP contribution in [0.3, 0.4) is 0 Å². The fraction of sp³-hybridized carbons (Fsp3) is 0.667. The summed E-state index contributed by atoms with van der Waals surface area (Å²) < 4.78 is 1.22. The standard InChI is InChI=1S/C12H19BrN2S/c1-10(12-8-11(13)9-16-12)2-5-15-6-3-14-4-7-15/h8-10,14H,2-7H2,1H3. The molecule has 0 spiro atoms. The molecule has 16 heavy (non-hydrogen) atoms. The van der Waals surface area contributed by atoms with E-state index in [9.17, 15) is 0 Å². The molecular formula is C12H19BrN2S. The second kappa shape index (κ2) is 6.15. The molecule has 0 saturated carbocycles. The first-order chi connectivity index (χ1) is 7.75. The zero-order chi connectivity index (χ0) is 11.4. The second-order valence-electron chi connectivity index (χ2n) is 4.45. The van der Waals surface area contributed by atoms with E-state index in [4.69, 9.17) is 0 Å². The van der Waals surface area contributed by atoms with E-state index in [1.54, 1.807) is 0 Å². The predicted octanol–water partition coefficient (Wildman–Crippen LogP) is 2.91. The second-order valence-corrected chi connectivity index (χ2v) is 6.31. The SMILES string of the molecule is CC(CCN1CCNCC1)c1cc(Br)cs1. The van der Waals surface area contributed by atoms with E-state index in [0.29, 0.717) is 5.92 Å². The Labute approximate surface area is 110 Å². The number of rotatable bonds is 4. The van der Waals surface area contributed by atoms with Gasteiger partial charge in [-0.1, -0.05) is 6.92 Å². The fourth-order valence-electron chi connectivity index (χ4n) is 2.04. The van der Waals surface area contributed by atoms with Crippen LogP contribution in [0.4, 0.5) is 0 Å². The Bertz CT molecular complexity index is 321.